The fourth-order valence-corrected chi connectivity index (χ4v) is 4.17. The minimum atomic E-state index is -0.713. The van der Waals surface area contributed by atoms with Crippen LogP contribution in [0.15, 0.2) is 61.1 Å². The lowest BCUT2D eigenvalue weighted by Crippen LogP contribution is -2.15. The van der Waals surface area contributed by atoms with Crippen molar-refractivity contribution in [3.05, 3.63) is 72.3 Å². The number of pyridine rings is 2. The number of aromatic nitrogens is 4. The second-order valence-electron chi connectivity index (χ2n) is 7.96. The molecular formula is C25H22N4O2. The normalized spacial score (nSPS) is 16.3. The molecule has 6 nitrogen and oxygen atoms in total. The summed E-state index contributed by atoms with van der Waals surface area (Å²) in [5.74, 6) is -0.994. The van der Waals surface area contributed by atoms with Crippen LogP contribution >= 0.6 is 0 Å². The van der Waals surface area contributed by atoms with E-state index in [2.05, 4.69) is 32.1 Å². The summed E-state index contributed by atoms with van der Waals surface area (Å²) in [4.78, 5) is 28.2. The Morgan fingerprint density at radius 2 is 2.00 bits per heavy atom. The first-order valence-electron chi connectivity index (χ1n) is 10.4. The van der Waals surface area contributed by atoms with Crippen LogP contribution in [0, 0.1) is 12.8 Å². The van der Waals surface area contributed by atoms with E-state index in [1.54, 1.807) is 6.33 Å². The molecule has 0 amide bonds. The summed E-state index contributed by atoms with van der Waals surface area (Å²) in [5.41, 5.74) is 7.69. The topological polar surface area (TPSA) is 91.8 Å². The fraction of sp³-hybridized carbons (Fsp3) is 0.200. The van der Waals surface area contributed by atoms with Gasteiger partial charge in [-0.3, -0.25) is 14.8 Å². The first-order chi connectivity index (χ1) is 15.1. The zero-order chi connectivity index (χ0) is 21.4. The van der Waals surface area contributed by atoms with E-state index in [0.29, 0.717) is 12.8 Å². The molecule has 2 N–H and O–H groups in total. The van der Waals surface area contributed by atoms with Gasteiger partial charge in [-0.2, -0.15) is 0 Å². The molecular weight excluding hydrogens is 388 g/mol. The van der Waals surface area contributed by atoms with Crippen LogP contribution in [0.25, 0.3) is 39.1 Å². The zero-order valence-corrected chi connectivity index (χ0v) is 17.2. The Bertz CT molecular complexity index is 1320. The summed E-state index contributed by atoms with van der Waals surface area (Å²) in [6.07, 6.45) is 7.61. The van der Waals surface area contributed by atoms with Crippen LogP contribution in [0.1, 0.15) is 30.5 Å². The Morgan fingerprint density at radius 1 is 1.13 bits per heavy atom. The van der Waals surface area contributed by atoms with Gasteiger partial charge >= 0.3 is 5.97 Å². The lowest BCUT2D eigenvalue weighted by molar-refractivity contribution is -0.141. The van der Waals surface area contributed by atoms with Crippen molar-refractivity contribution in [2.75, 3.05) is 0 Å². The van der Waals surface area contributed by atoms with E-state index in [1.807, 2.05) is 49.5 Å². The number of carboxylic acids is 1. The molecule has 5 rings (SSSR count). The summed E-state index contributed by atoms with van der Waals surface area (Å²) in [7, 11) is 0. The molecule has 0 saturated heterocycles. The van der Waals surface area contributed by atoms with Gasteiger partial charge in [0.2, 0.25) is 0 Å². The average Bonchev–Trinajstić information content (AvgIpc) is 3.28. The smallest absolute Gasteiger partial charge is 0.306 e. The highest BCUT2D eigenvalue weighted by molar-refractivity contribution is 5.89. The molecule has 0 saturated carbocycles. The highest BCUT2D eigenvalue weighted by Gasteiger charge is 2.21. The molecule has 1 aliphatic carbocycles. The second kappa shape index (κ2) is 7.80. The van der Waals surface area contributed by atoms with Gasteiger partial charge in [-0.1, -0.05) is 18.2 Å². The highest BCUT2D eigenvalue weighted by atomic mass is 16.4. The molecule has 6 heteroatoms. The number of rotatable bonds is 4. The Morgan fingerprint density at radius 3 is 2.77 bits per heavy atom. The summed E-state index contributed by atoms with van der Waals surface area (Å²) < 4.78 is 0. The first kappa shape index (κ1) is 19.2. The standard InChI is InChI=1S/C25H22N4O2/c1-15-3-2-4-22(29-15)24-23(27-14-28-24)18-9-10-21-19(11-18)12-20(13-26-21)16-5-7-17(8-6-16)25(30)31/h2-5,9-14,17H,6-8H2,1H3,(H,27,28)(H,30,31). The SMILES string of the molecule is Cc1cccc(-c2[nH]cnc2-c2ccc3ncc(C4=CCC(C(=O)O)CC4)cc3c2)n1. The van der Waals surface area contributed by atoms with Gasteiger partial charge in [0.05, 0.1) is 34.8 Å². The van der Waals surface area contributed by atoms with Crippen molar-refractivity contribution in [1.29, 1.82) is 0 Å². The van der Waals surface area contributed by atoms with E-state index in [0.717, 1.165) is 51.2 Å². The molecule has 3 heterocycles. The van der Waals surface area contributed by atoms with Crippen LogP contribution in [0.5, 0.6) is 0 Å². The van der Waals surface area contributed by atoms with E-state index in [-0.39, 0.29) is 5.92 Å². The van der Waals surface area contributed by atoms with Crippen molar-refractivity contribution in [3.63, 3.8) is 0 Å². The summed E-state index contributed by atoms with van der Waals surface area (Å²) in [5, 5.41) is 10.3. The number of hydrogen-bond acceptors (Lipinski definition) is 4. The number of benzene rings is 1. The number of nitrogens with one attached hydrogen (secondary N) is 1. The zero-order valence-electron chi connectivity index (χ0n) is 17.2. The number of aliphatic carboxylic acids is 1. The summed E-state index contributed by atoms with van der Waals surface area (Å²) in [6, 6.07) is 14.2. The minimum absolute atomic E-state index is 0.280. The molecule has 1 aromatic carbocycles. The van der Waals surface area contributed by atoms with Crippen molar-refractivity contribution in [2.45, 2.75) is 26.2 Å². The van der Waals surface area contributed by atoms with Gasteiger partial charge in [0.15, 0.2) is 0 Å². The minimum Gasteiger partial charge on any atom is -0.481 e. The number of H-pyrrole nitrogens is 1. The van der Waals surface area contributed by atoms with Gasteiger partial charge in [-0.25, -0.2) is 4.98 Å². The van der Waals surface area contributed by atoms with Crippen LogP contribution < -0.4 is 0 Å². The van der Waals surface area contributed by atoms with Gasteiger partial charge in [0.1, 0.15) is 0 Å². The number of aryl methyl sites for hydroxylation is 1. The molecule has 0 spiro atoms. The number of imidazole rings is 1. The lowest BCUT2D eigenvalue weighted by Gasteiger charge is -2.18. The van der Waals surface area contributed by atoms with Gasteiger partial charge in [0.25, 0.3) is 0 Å². The van der Waals surface area contributed by atoms with Gasteiger partial charge < -0.3 is 10.1 Å². The van der Waals surface area contributed by atoms with E-state index in [9.17, 15) is 9.90 Å². The van der Waals surface area contributed by atoms with Crippen molar-refractivity contribution < 1.29 is 9.90 Å². The van der Waals surface area contributed by atoms with E-state index in [1.165, 1.54) is 5.57 Å². The molecule has 3 aromatic heterocycles. The van der Waals surface area contributed by atoms with Crippen molar-refractivity contribution in [1.82, 2.24) is 19.9 Å². The van der Waals surface area contributed by atoms with Gasteiger partial charge in [-0.05, 0) is 67.7 Å². The third kappa shape index (κ3) is 3.72. The van der Waals surface area contributed by atoms with Crippen molar-refractivity contribution >= 4 is 22.4 Å². The van der Waals surface area contributed by atoms with Crippen molar-refractivity contribution in [2.24, 2.45) is 5.92 Å². The Kier molecular flexibility index (Phi) is 4.82. The largest absolute Gasteiger partial charge is 0.481 e. The molecule has 1 unspecified atom stereocenters. The maximum Gasteiger partial charge on any atom is 0.306 e. The lowest BCUT2D eigenvalue weighted by atomic mass is 9.87. The number of fused-ring (bicyclic) bond motifs is 1. The highest BCUT2D eigenvalue weighted by Crippen LogP contribution is 2.33. The molecule has 31 heavy (non-hydrogen) atoms. The Balaban J connectivity index is 1.52. The molecule has 1 aliphatic rings. The van der Waals surface area contributed by atoms with Crippen LogP contribution in [-0.2, 0) is 4.79 Å². The quantitative estimate of drug-likeness (QED) is 0.479. The predicted molar refractivity (Wildman–Crippen MR) is 120 cm³/mol. The molecule has 0 aliphatic heterocycles. The first-order valence-corrected chi connectivity index (χ1v) is 10.4. The molecule has 0 fully saturated rings. The number of carboxylic acid groups (broad SMARTS) is 1. The number of nitrogens with zero attached hydrogens (tertiary/aromatic N) is 3. The Labute approximate surface area is 179 Å². The molecule has 154 valence electrons. The van der Waals surface area contributed by atoms with Crippen molar-refractivity contribution in [3.8, 4) is 22.6 Å². The van der Waals surface area contributed by atoms with Crippen LogP contribution in [0.3, 0.4) is 0 Å². The van der Waals surface area contributed by atoms with E-state index < -0.39 is 5.97 Å². The maximum atomic E-state index is 11.2. The molecule has 4 aromatic rings. The number of aromatic amines is 1. The monoisotopic (exact) mass is 410 g/mol. The van der Waals surface area contributed by atoms with Crippen LogP contribution in [0.4, 0.5) is 0 Å². The van der Waals surface area contributed by atoms with Crippen LogP contribution in [0.2, 0.25) is 0 Å². The Hall–Kier alpha value is -3.80. The third-order valence-corrected chi connectivity index (χ3v) is 5.87. The number of carbonyl (C=O) groups is 1. The summed E-state index contributed by atoms with van der Waals surface area (Å²) in [6.45, 7) is 1.97. The fourth-order valence-electron chi connectivity index (χ4n) is 4.17. The van der Waals surface area contributed by atoms with E-state index in [4.69, 9.17) is 0 Å². The van der Waals surface area contributed by atoms with Crippen LogP contribution in [-0.4, -0.2) is 31.0 Å². The van der Waals surface area contributed by atoms with E-state index >= 15 is 0 Å². The van der Waals surface area contributed by atoms with Gasteiger partial charge in [-0.15, -0.1) is 0 Å². The average molecular weight is 410 g/mol. The number of allylic oxidation sites excluding steroid dienone is 2. The van der Waals surface area contributed by atoms with Gasteiger partial charge in [0, 0.05) is 22.8 Å². The summed E-state index contributed by atoms with van der Waals surface area (Å²) >= 11 is 0. The molecule has 0 radical (unpaired) electrons. The molecule has 1 atom stereocenters. The third-order valence-electron chi connectivity index (χ3n) is 5.87. The maximum absolute atomic E-state index is 11.2. The molecule has 0 bridgehead atoms. The second-order valence-corrected chi connectivity index (χ2v) is 7.96. The predicted octanol–water partition coefficient (Wildman–Crippen LogP) is 5.26. The number of hydrogen-bond donors (Lipinski definition) is 2.